The Morgan fingerprint density at radius 2 is 1.81 bits per heavy atom. The van der Waals surface area contributed by atoms with Gasteiger partial charge in [0, 0.05) is 22.7 Å². The Hall–Kier alpha value is -4.79. The molecule has 36 heavy (non-hydrogen) atoms. The molecular formula is C27H24N6O3. The molecule has 0 aliphatic carbocycles. The highest BCUT2D eigenvalue weighted by molar-refractivity contribution is 6.05. The van der Waals surface area contributed by atoms with Crippen molar-refractivity contribution in [3.05, 3.63) is 90.0 Å². The number of aromatic nitrogens is 5. The lowest BCUT2D eigenvalue weighted by atomic mass is 10.1. The largest absolute Gasteiger partial charge is 0.507 e. The van der Waals surface area contributed by atoms with Crippen LogP contribution in [0.15, 0.2) is 78.9 Å². The predicted octanol–water partition coefficient (Wildman–Crippen LogP) is 4.77. The number of rotatable bonds is 9. The van der Waals surface area contributed by atoms with Crippen LogP contribution in [-0.4, -0.2) is 43.2 Å². The van der Waals surface area contributed by atoms with E-state index >= 15 is 0 Å². The quantitative estimate of drug-likeness (QED) is 0.259. The molecule has 180 valence electrons. The molecule has 3 aromatic carbocycles. The highest BCUT2D eigenvalue weighted by Crippen LogP contribution is 2.30. The Morgan fingerprint density at radius 1 is 0.972 bits per heavy atom. The number of nitrogens with zero attached hydrogens (tertiary/aromatic N) is 4. The Kier molecular flexibility index (Phi) is 6.79. The molecule has 1 amide bonds. The molecule has 0 aliphatic heterocycles. The third-order valence-corrected chi connectivity index (χ3v) is 5.72. The maximum atomic E-state index is 12.7. The third kappa shape index (κ3) is 5.47. The number of amides is 1. The molecule has 0 aliphatic rings. The van der Waals surface area contributed by atoms with Gasteiger partial charge in [0.15, 0.2) is 5.82 Å². The van der Waals surface area contributed by atoms with Crippen molar-refractivity contribution in [3.63, 3.8) is 0 Å². The van der Waals surface area contributed by atoms with E-state index in [9.17, 15) is 9.90 Å². The molecular weight excluding hydrogens is 456 g/mol. The van der Waals surface area contributed by atoms with Crippen LogP contribution in [-0.2, 0) is 6.42 Å². The summed E-state index contributed by atoms with van der Waals surface area (Å²) in [4.78, 5) is 17.2. The number of nitrogens with one attached hydrogen (secondary N) is 2. The summed E-state index contributed by atoms with van der Waals surface area (Å²) >= 11 is 0. The number of carbonyl (C=O) groups is 1. The zero-order valence-corrected chi connectivity index (χ0v) is 19.4. The fourth-order valence-electron chi connectivity index (χ4n) is 3.85. The molecule has 0 saturated carbocycles. The number of unbranched alkanes of at least 4 members (excludes halogenated alkanes) is 1. The second-order valence-corrected chi connectivity index (χ2v) is 8.28. The van der Waals surface area contributed by atoms with Crippen LogP contribution >= 0.6 is 0 Å². The summed E-state index contributed by atoms with van der Waals surface area (Å²) in [5.74, 6) is 0.822. The number of pyridine rings is 1. The first-order valence-electron chi connectivity index (χ1n) is 11.6. The summed E-state index contributed by atoms with van der Waals surface area (Å²) in [5.41, 5.74) is 3.34. The van der Waals surface area contributed by atoms with Crippen LogP contribution in [0, 0.1) is 0 Å². The second kappa shape index (κ2) is 10.6. The number of aryl methyl sites for hydroxylation is 1. The Labute approximate surface area is 207 Å². The maximum absolute atomic E-state index is 12.7. The molecule has 2 aromatic heterocycles. The zero-order valence-electron chi connectivity index (χ0n) is 19.4. The molecule has 2 heterocycles. The minimum Gasteiger partial charge on any atom is -0.507 e. The first kappa shape index (κ1) is 23.0. The molecule has 9 heteroatoms. The summed E-state index contributed by atoms with van der Waals surface area (Å²) in [6, 6.07) is 24.0. The third-order valence-electron chi connectivity index (χ3n) is 5.72. The van der Waals surface area contributed by atoms with Gasteiger partial charge in [0.1, 0.15) is 17.2 Å². The second-order valence-electron chi connectivity index (χ2n) is 8.28. The molecule has 0 spiro atoms. The number of H-pyrrole nitrogens is 1. The molecule has 0 radical (unpaired) electrons. The molecule has 0 saturated heterocycles. The van der Waals surface area contributed by atoms with E-state index in [1.807, 2.05) is 6.07 Å². The number of fused-ring (bicyclic) bond motifs is 1. The van der Waals surface area contributed by atoms with Crippen molar-refractivity contribution < 1.29 is 14.6 Å². The normalized spacial score (nSPS) is 10.9. The molecule has 5 rings (SSSR count). The van der Waals surface area contributed by atoms with E-state index in [0.717, 1.165) is 25.0 Å². The molecule has 3 N–H and O–H groups in total. The monoisotopic (exact) mass is 480 g/mol. The molecule has 9 nitrogen and oxygen atoms in total. The first-order valence-corrected chi connectivity index (χ1v) is 11.6. The van der Waals surface area contributed by atoms with Crippen LogP contribution in [0.25, 0.3) is 22.4 Å². The Balaban J connectivity index is 1.16. The van der Waals surface area contributed by atoms with Gasteiger partial charge in [0.2, 0.25) is 0 Å². The van der Waals surface area contributed by atoms with Gasteiger partial charge in [0.25, 0.3) is 5.91 Å². The summed E-state index contributed by atoms with van der Waals surface area (Å²) in [6.07, 6.45) is 3.05. The fourth-order valence-corrected chi connectivity index (χ4v) is 3.85. The minimum absolute atomic E-state index is 0.00719. The lowest BCUT2D eigenvalue weighted by molar-refractivity contribution is 0.102. The molecule has 0 atom stereocenters. The van der Waals surface area contributed by atoms with Crippen LogP contribution < -0.4 is 10.1 Å². The molecule has 0 bridgehead atoms. The van der Waals surface area contributed by atoms with Crippen LogP contribution in [0.2, 0.25) is 0 Å². The highest BCUT2D eigenvalue weighted by Gasteiger charge is 2.12. The van der Waals surface area contributed by atoms with E-state index in [1.54, 1.807) is 42.5 Å². The van der Waals surface area contributed by atoms with Gasteiger partial charge in [-0.2, -0.15) is 0 Å². The van der Waals surface area contributed by atoms with Crippen molar-refractivity contribution in [2.45, 2.75) is 19.3 Å². The SMILES string of the molecule is O=C(Nc1ccc2nc(-c3nnn[nH]3)cc(O)c2c1)c1ccc(OCCCCc2ccccc2)cc1. The standard InChI is InChI=1S/C27H24N6O3/c34-25-17-24(26-30-32-33-31-26)29-23-14-11-20(16-22(23)25)28-27(35)19-9-12-21(13-10-19)36-15-5-4-8-18-6-2-1-3-7-18/h1-3,6-7,9-14,16-17H,4-5,8,15H2,(H,28,35)(H,29,34)(H,30,31,32,33). The van der Waals surface area contributed by atoms with Gasteiger partial charge in [-0.25, -0.2) is 10.1 Å². The van der Waals surface area contributed by atoms with Crippen molar-refractivity contribution in [1.82, 2.24) is 25.6 Å². The van der Waals surface area contributed by atoms with Gasteiger partial charge in [-0.05, 0) is 77.7 Å². The van der Waals surface area contributed by atoms with E-state index in [0.29, 0.717) is 40.3 Å². The van der Waals surface area contributed by atoms with Crippen molar-refractivity contribution >= 4 is 22.5 Å². The molecule has 0 fully saturated rings. The maximum Gasteiger partial charge on any atom is 0.255 e. The average molecular weight is 481 g/mol. The van der Waals surface area contributed by atoms with E-state index in [4.69, 9.17) is 4.74 Å². The number of anilines is 1. The topological polar surface area (TPSA) is 126 Å². The Bertz CT molecular complexity index is 1450. The van der Waals surface area contributed by atoms with Crippen LogP contribution in [0.5, 0.6) is 11.5 Å². The van der Waals surface area contributed by atoms with Crippen molar-refractivity contribution in [2.75, 3.05) is 11.9 Å². The number of benzene rings is 3. The van der Waals surface area contributed by atoms with Crippen LogP contribution in [0.3, 0.4) is 0 Å². The predicted molar refractivity (Wildman–Crippen MR) is 136 cm³/mol. The number of aromatic amines is 1. The van der Waals surface area contributed by atoms with Gasteiger partial charge in [-0.15, -0.1) is 5.10 Å². The summed E-state index contributed by atoms with van der Waals surface area (Å²) in [5, 5.41) is 27.3. The average Bonchev–Trinajstić information content (AvgIpc) is 3.45. The smallest absolute Gasteiger partial charge is 0.255 e. The fraction of sp³-hybridized carbons (Fsp3) is 0.148. The lowest BCUT2D eigenvalue weighted by Gasteiger charge is -2.10. The minimum atomic E-state index is -0.263. The van der Waals surface area contributed by atoms with Gasteiger partial charge >= 0.3 is 0 Å². The summed E-state index contributed by atoms with van der Waals surface area (Å²) in [6.45, 7) is 0.627. The number of tetrazole rings is 1. The van der Waals surface area contributed by atoms with Crippen molar-refractivity contribution in [2.24, 2.45) is 0 Å². The van der Waals surface area contributed by atoms with E-state index in [-0.39, 0.29) is 11.7 Å². The van der Waals surface area contributed by atoms with Gasteiger partial charge in [-0.3, -0.25) is 4.79 Å². The van der Waals surface area contributed by atoms with Crippen LogP contribution in [0.4, 0.5) is 5.69 Å². The van der Waals surface area contributed by atoms with Gasteiger partial charge in [-0.1, -0.05) is 30.3 Å². The zero-order chi connectivity index (χ0) is 24.7. The van der Waals surface area contributed by atoms with Crippen molar-refractivity contribution in [3.8, 4) is 23.0 Å². The van der Waals surface area contributed by atoms with Gasteiger partial charge in [0.05, 0.1) is 12.1 Å². The van der Waals surface area contributed by atoms with Crippen molar-refractivity contribution in [1.29, 1.82) is 0 Å². The number of aromatic hydroxyl groups is 1. The summed E-state index contributed by atoms with van der Waals surface area (Å²) in [7, 11) is 0. The van der Waals surface area contributed by atoms with Gasteiger partial charge < -0.3 is 15.2 Å². The summed E-state index contributed by atoms with van der Waals surface area (Å²) < 4.78 is 5.81. The lowest BCUT2D eigenvalue weighted by Crippen LogP contribution is -2.11. The van der Waals surface area contributed by atoms with E-state index < -0.39 is 0 Å². The number of carbonyl (C=O) groups excluding carboxylic acids is 1. The molecule has 0 unspecified atom stereocenters. The number of ether oxygens (including phenoxy) is 1. The molecule has 5 aromatic rings. The number of hydrogen-bond acceptors (Lipinski definition) is 7. The first-order chi connectivity index (χ1) is 17.7. The highest BCUT2D eigenvalue weighted by atomic mass is 16.5. The number of hydrogen-bond donors (Lipinski definition) is 3. The van der Waals surface area contributed by atoms with Crippen LogP contribution in [0.1, 0.15) is 28.8 Å². The van der Waals surface area contributed by atoms with E-state index in [2.05, 4.69) is 55.2 Å². The van der Waals surface area contributed by atoms with E-state index in [1.165, 1.54) is 11.6 Å². The Morgan fingerprint density at radius 3 is 2.58 bits per heavy atom.